The molecule has 1 aliphatic carbocycles. The number of carbonyl (C=O) groups excluding carboxylic acids is 2. The van der Waals surface area contributed by atoms with Crippen molar-refractivity contribution < 1.29 is 50.5 Å². The number of hydrogen-bond acceptors (Lipinski definition) is 6. The molecule has 3 aliphatic rings. The molecule has 1 saturated carbocycles. The van der Waals surface area contributed by atoms with Crippen LogP contribution >= 0.6 is 0 Å². The van der Waals surface area contributed by atoms with Gasteiger partial charge in [0.1, 0.15) is 6.61 Å². The number of hydrogen-bond donors (Lipinski definition) is 3. The van der Waals surface area contributed by atoms with Gasteiger partial charge in [0.15, 0.2) is 0 Å². The molecule has 3 N–H and O–H groups in total. The van der Waals surface area contributed by atoms with Gasteiger partial charge in [-0.2, -0.15) is 26.3 Å². The molecule has 47 heavy (non-hydrogen) atoms. The topological polar surface area (TPSA) is 100 Å². The third-order valence-corrected chi connectivity index (χ3v) is 9.69. The minimum Gasteiger partial charge on any atom is -0.445 e. The SMILES string of the molecule is O=C(OCc1ccccc1)N1CCC(O)(C2(C(=O)NCc3cc(C(F)(F)F)cc(C(F)(F)F)c3)CCC(NC3CCOCC3)C2)CC1. The van der Waals surface area contributed by atoms with Gasteiger partial charge in [-0.15, -0.1) is 0 Å². The number of likely N-dealkylation sites (tertiary alicyclic amines) is 1. The lowest BCUT2D eigenvalue weighted by atomic mass is 9.65. The first-order chi connectivity index (χ1) is 22.2. The summed E-state index contributed by atoms with van der Waals surface area (Å²) in [7, 11) is 0. The summed E-state index contributed by atoms with van der Waals surface area (Å²) < 4.78 is 91.6. The van der Waals surface area contributed by atoms with Crippen molar-refractivity contribution in [3.05, 3.63) is 70.8 Å². The highest BCUT2D eigenvalue weighted by Gasteiger charge is 2.59. The molecule has 5 rings (SSSR count). The largest absolute Gasteiger partial charge is 0.445 e. The predicted octanol–water partition coefficient (Wildman–Crippen LogP) is 5.81. The summed E-state index contributed by atoms with van der Waals surface area (Å²) in [6, 6.07) is 10.3. The van der Waals surface area contributed by atoms with Crippen molar-refractivity contribution >= 4 is 12.0 Å². The fourth-order valence-electron chi connectivity index (χ4n) is 7.05. The zero-order chi connectivity index (χ0) is 33.9. The van der Waals surface area contributed by atoms with Gasteiger partial charge in [-0.25, -0.2) is 4.79 Å². The van der Waals surface area contributed by atoms with Crippen LogP contribution in [0.3, 0.4) is 0 Å². The minimum absolute atomic E-state index is 0.0344. The Balaban J connectivity index is 1.32. The number of halogens is 6. The fourth-order valence-corrected chi connectivity index (χ4v) is 7.05. The summed E-state index contributed by atoms with van der Waals surface area (Å²) in [5.41, 5.74) is -5.50. The van der Waals surface area contributed by atoms with Crippen LogP contribution in [0.25, 0.3) is 0 Å². The van der Waals surface area contributed by atoms with Crippen LogP contribution in [0.1, 0.15) is 67.2 Å². The second-order valence-electron chi connectivity index (χ2n) is 12.7. The summed E-state index contributed by atoms with van der Waals surface area (Å²) in [6.07, 6.45) is -8.02. The zero-order valence-electron chi connectivity index (χ0n) is 25.8. The number of nitrogens with one attached hydrogen (secondary N) is 2. The lowest BCUT2D eigenvalue weighted by Gasteiger charge is -2.48. The molecule has 0 radical (unpaired) electrons. The number of aliphatic hydroxyl groups is 1. The highest BCUT2D eigenvalue weighted by atomic mass is 19.4. The van der Waals surface area contributed by atoms with Crippen LogP contribution in [0, 0.1) is 5.41 Å². The maximum Gasteiger partial charge on any atom is 0.416 e. The van der Waals surface area contributed by atoms with Gasteiger partial charge in [-0.05, 0) is 74.3 Å². The minimum atomic E-state index is -5.03. The van der Waals surface area contributed by atoms with Crippen molar-refractivity contribution in [2.24, 2.45) is 5.41 Å². The molecule has 8 nitrogen and oxygen atoms in total. The monoisotopic (exact) mass is 671 g/mol. The summed E-state index contributed by atoms with van der Waals surface area (Å²) in [4.78, 5) is 28.3. The standard InChI is InChI=1S/C33H39F6N3O5/c34-32(35,36)24-16-23(17-25(18-24)33(37,38)39)20-40-28(43)30(9-6-27(19-30)41-26-7-14-46-15-8-26)31(45)10-12-42(13-11-31)29(44)47-21-22-4-2-1-3-5-22/h1-5,16-18,26-27,41,45H,6-15,19-21H2,(H,40,43). The molecule has 2 amide bonds. The van der Waals surface area contributed by atoms with Crippen molar-refractivity contribution in [2.45, 2.75) is 88.1 Å². The van der Waals surface area contributed by atoms with Gasteiger partial charge in [-0.3, -0.25) is 4.79 Å². The van der Waals surface area contributed by atoms with E-state index in [1.54, 1.807) is 0 Å². The highest BCUT2D eigenvalue weighted by Crippen LogP contribution is 2.51. The lowest BCUT2D eigenvalue weighted by molar-refractivity contribution is -0.159. The second kappa shape index (κ2) is 14.0. The van der Waals surface area contributed by atoms with Crippen molar-refractivity contribution in [3.8, 4) is 0 Å². The van der Waals surface area contributed by atoms with Crippen LogP contribution in [0.4, 0.5) is 31.1 Å². The molecule has 2 unspecified atom stereocenters. The predicted molar refractivity (Wildman–Crippen MR) is 158 cm³/mol. The molecule has 2 aliphatic heterocycles. The number of amides is 2. The van der Waals surface area contributed by atoms with Crippen LogP contribution < -0.4 is 10.6 Å². The molecule has 2 heterocycles. The van der Waals surface area contributed by atoms with E-state index >= 15 is 0 Å². The quantitative estimate of drug-likeness (QED) is 0.307. The Bertz CT molecular complexity index is 1360. The molecule has 0 spiro atoms. The van der Waals surface area contributed by atoms with Gasteiger partial charge in [0.25, 0.3) is 0 Å². The average Bonchev–Trinajstić information content (AvgIpc) is 3.48. The number of carbonyl (C=O) groups is 2. The molecule has 3 fully saturated rings. The summed E-state index contributed by atoms with van der Waals surface area (Å²) in [5.74, 6) is -0.651. The van der Waals surface area contributed by atoms with E-state index in [1.165, 1.54) is 4.90 Å². The van der Waals surface area contributed by atoms with Crippen LogP contribution in [-0.4, -0.2) is 66.0 Å². The van der Waals surface area contributed by atoms with E-state index in [9.17, 15) is 41.0 Å². The smallest absolute Gasteiger partial charge is 0.416 e. The molecular formula is C33H39F6N3O5. The summed E-state index contributed by atoms with van der Waals surface area (Å²) in [5, 5.41) is 18.3. The number of ether oxygens (including phenoxy) is 2. The number of benzene rings is 2. The van der Waals surface area contributed by atoms with Crippen molar-refractivity contribution in [3.63, 3.8) is 0 Å². The van der Waals surface area contributed by atoms with Crippen LogP contribution in [-0.2, 0) is 39.8 Å². The average molecular weight is 672 g/mol. The Morgan fingerprint density at radius 2 is 1.49 bits per heavy atom. The first-order valence-corrected chi connectivity index (χ1v) is 15.8. The van der Waals surface area contributed by atoms with Gasteiger partial charge in [0, 0.05) is 44.9 Å². The van der Waals surface area contributed by atoms with Crippen molar-refractivity contribution in [1.82, 2.24) is 15.5 Å². The molecule has 258 valence electrons. The Morgan fingerprint density at radius 3 is 2.09 bits per heavy atom. The molecule has 2 aromatic carbocycles. The van der Waals surface area contributed by atoms with E-state index in [0.29, 0.717) is 31.8 Å². The van der Waals surface area contributed by atoms with E-state index in [-0.39, 0.29) is 69.1 Å². The van der Waals surface area contributed by atoms with Gasteiger partial charge in [-0.1, -0.05) is 30.3 Å². The van der Waals surface area contributed by atoms with Gasteiger partial charge >= 0.3 is 18.4 Å². The number of alkyl halides is 6. The van der Waals surface area contributed by atoms with Gasteiger partial charge < -0.3 is 30.1 Å². The number of piperidine rings is 1. The normalized spacial score (nSPS) is 23.8. The van der Waals surface area contributed by atoms with Gasteiger partial charge in [0.2, 0.25) is 5.91 Å². The summed E-state index contributed by atoms with van der Waals surface area (Å²) >= 11 is 0. The van der Waals surface area contributed by atoms with Crippen LogP contribution in [0.2, 0.25) is 0 Å². The number of nitrogens with zero attached hydrogens (tertiary/aromatic N) is 1. The molecule has 2 saturated heterocycles. The molecule has 2 aromatic rings. The third kappa shape index (κ3) is 8.21. The second-order valence-corrected chi connectivity index (χ2v) is 12.7. The molecule has 2 atom stereocenters. The third-order valence-electron chi connectivity index (χ3n) is 9.69. The number of rotatable bonds is 8. The first-order valence-electron chi connectivity index (χ1n) is 15.8. The Hall–Kier alpha value is -3.36. The van der Waals surface area contributed by atoms with Crippen LogP contribution in [0.5, 0.6) is 0 Å². The Morgan fingerprint density at radius 1 is 0.872 bits per heavy atom. The first kappa shape index (κ1) is 35.0. The Kier molecular flexibility index (Phi) is 10.4. The Labute approximate surface area is 268 Å². The highest BCUT2D eigenvalue weighted by molar-refractivity contribution is 5.84. The maximum atomic E-state index is 14.1. The molecule has 0 bridgehead atoms. The van der Waals surface area contributed by atoms with E-state index in [4.69, 9.17) is 9.47 Å². The van der Waals surface area contributed by atoms with Crippen molar-refractivity contribution in [1.29, 1.82) is 0 Å². The summed E-state index contributed by atoms with van der Waals surface area (Å²) in [6.45, 7) is 0.845. The zero-order valence-corrected chi connectivity index (χ0v) is 25.8. The van der Waals surface area contributed by atoms with E-state index in [2.05, 4.69) is 10.6 Å². The van der Waals surface area contributed by atoms with E-state index < -0.39 is 53.0 Å². The molecule has 0 aromatic heterocycles. The maximum absolute atomic E-state index is 14.1. The molecule has 14 heteroatoms. The molecular weight excluding hydrogens is 632 g/mol. The van der Waals surface area contributed by atoms with Crippen LogP contribution in [0.15, 0.2) is 48.5 Å². The lowest BCUT2D eigenvalue weighted by Crippen LogP contribution is -2.61. The van der Waals surface area contributed by atoms with Crippen molar-refractivity contribution in [2.75, 3.05) is 26.3 Å². The van der Waals surface area contributed by atoms with Gasteiger partial charge in [0.05, 0.1) is 22.1 Å². The van der Waals surface area contributed by atoms with E-state index in [0.717, 1.165) is 18.4 Å². The fraction of sp³-hybridized carbons (Fsp3) is 0.576. The van der Waals surface area contributed by atoms with E-state index in [1.807, 2.05) is 30.3 Å².